The third-order valence-corrected chi connectivity index (χ3v) is 2.86. The van der Waals surface area contributed by atoms with Crippen molar-refractivity contribution >= 4 is 64.4 Å². The molecule has 0 bridgehead atoms. The van der Waals surface area contributed by atoms with Crippen molar-refractivity contribution in [2.75, 3.05) is 10.6 Å². The Morgan fingerprint density at radius 2 is 2.00 bits per heavy atom. The minimum atomic E-state index is 0.331. The van der Waals surface area contributed by atoms with E-state index in [1.54, 1.807) is 18.2 Å². The molecule has 18 heavy (non-hydrogen) atoms. The Bertz CT molecular complexity index is 636. The summed E-state index contributed by atoms with van der Waals surface area (Å²) in [6.45, 7) is 0. The van der Waals surface area contributed by atoms with Crippen molar-refractivity contribution in [3.8, 4) is 0 Å². The van der Waals surface area contributed by atoms with Crippen LogP contribution < -0.4 is 10.6 Å². The predicted octanol–water partition coefficient (Wildman–Crippen LogP) is 3.58. The van der Waals surface area contributed by atoms with Gasteiger partial charge in [0.2, 0.25) is 10.7 Å². The smallest absolute Gasteiger partial charge is 0.224 e. The summed E-state index contributed by atoms with van der Waals surface area (Å²) in [6, 6.07) is 5.06. The summed E-state index contributed by atoms with van der Waals surface area (Å²) in [4.78, 5) is 3.94. The van der Waals surface area contributed by atoms with E-state index in [0.29, 0.717) is 31.6 Å². The molecule has 9 heteroatoms. The van der Waals surface area contributed by atoms with Crippen molar-refractivity contribution in [2.24, 2.45) is 0 Å². The van der Waals surface area contributed by atoms with E-state index in [9.17, 15) is 0 Å². The van der Waals surface area contributed by atoms with Gasteiger partial charge in [0.25, 0.3) is 0 Å². The topological polar surface area (TPSA) is 68.5 Å². The Balaban J connectivity index is 2.05. The summed E-state index contributed by atoms with van der Waals surface area (Å²) in [5.41, 5.74) is 0.646. The predicted molar refractivity (Wildman–Crippen MR) is 80.1 cm³/mol. The maximum absolute atomic E-state index is 6.00. The fraction of sp³-hybridized carbons (Fsp3) is 0. The molecule has 2 rings (SSSR count). The van der Waals surface area contributed by atoms with E-state index in [-0.39, 0.29) is 0 Å². The number of nitrogens with zero attached hydrogens (tertiary/aromatic N) is 1. The van der Waals surface area contributed by atoms with Crippen LogP contribution in [-0.4, -0.2) is 20.3 Å². The molecule has 1 aromatic heterocycles. The quantitative estimate of drug-likeness (QED) is 0.637. The Morgan fingerprint density at radius 1 is 1.22 bits per heavy atom. The van der Waals surface area contributed by atoms with Crippen LogP contribution >= 0.6 is 47.6 Å². The average Bonchev–Trinajstić information content (AvgIpc) is 2.68. The number of hydrogen-bond acceptors (Lipinski definition) is 3. The van der Waals surface area contributed by atoms with E-state index in [2.05, 4.69) is 25.8 Å². The molecule has 0 aliphatic heterocycles. The van der Waals surface area contributed by atoms with Crippen LogP contribution in [0.3, 0.4) is 0 Å². The molecule has 0 saturated carbocycles. The van der Waals surface area contributed by atoms with Crippen LogP contribution in [0, 0.1) is 4.77 Å². The molecule has 1 heterocycles. The number of hydrogen-bond donors (Lipinski definition) is 4. The first-order valence-corrected chi connectivity index (χ1v) is 6.29. The zero-order valence-corrected chi connectivity index (χ0v) is 11.9. The molecule has 0 saturated heterocycles. The molecule has 0 atom stereocenters. The van der Waals surface area contributed by atoms with Crippen LogP contribution in [-0.2, 0) is 0 Å². The molecule has 0 fully saturated rings. The number of H-pyrrole nitrogens is 2. The van der Waals surface area contributed by atoms with Gasteiger partial charge in [0, 0.05) is 5.02 Å². The molecular formula is C9H7Cl2N5S2. The highest BCUT2D eigenvalue weighted by atomic mass is 35.5. The lowest BCUT2D eigenvalue weighted by atomic mass is 10.3. The molecule has 0 aliphatic carbocycles. The van der Waals surface area contributed by atoms with E-state index in [0.717, 1.165) is 0 Å². The van der Waals surface area contributed by atoms with Crippen molar-refractivity contribution < 1.29 is 0 Å². The molecule has 0 spiro atoms. The highest BCUT2D eigenvalue weighted by Gasteiger charge is 2.05. The first-order chi connectivity index (χ1) is 8.54. The van der Waals surface area contributed by atoms with Gasteiger partial charge in [-0.15, -0.1) is 0 Å². The normalized spacial score (nSPS) is 10.1. The first kappa shape index (κ1) is 13.3. The lowest BCUT2D eigenvalue weighted by Gasteiger charge is -2.09. The summed E-state index contributed by atoms with van der Waals surface area (Å²) in [5, 5.41) is 12.4. The van der Waals surface area contributed by atoms with Gasteiger partial charge in [-0.25, -0.2) is 0 Å². The van der Waals surface area contributed by atoms with E-state index in [1.807, 2.05) is 0 Å². The maximum atomic E-state index is 6.00. The van der Waals surface area contributed by atoms with E-state index >= 15 is 0 Å². The number of anilines is 2. The van der Waals surface area contributed by atoms with Crippen LogP contribution in [0.5, 0.6) is 0 Å². The third kappa shape index (κ3) is 3.42. The number of thiocarbonyl (C=S) groups is 1. The Kier molecular flexibility index (Phi) is 4.18. The lowest BCUT2D eigenvalue weighted by molar-refractivity contribution is 1.08. The number of rotatable bonds is 2. The highest BCUT2D eigenvalue weighted by Crippen LogP contribution is 2.25. The number of aromatic amines is 2. The number of aromatic nitrogens is 3. The minimum Gasteiger partial charge on any atom is -0.331 e. The molecule has 0 amide bonds. The fourth-order valence-electron chi connectivity index (χ4n) is 1.18. The van der Waals surface area contributed by atoms with Crippen LogP contribution in [0.1, 0.15) is 0 Å². The molecular weight excluding hydrogens is 313 g/mol. The van der Waals surface area contributed by atoms with Crippen molar-refractivity contribution in [3.63, 3.8) is 0 Å². The zero-order valence-electron chi connectivity index (χ0n) is 8.75. The largest absolute Gasteiger partial charge is 0.331 e. The summed E-state index contributed by atoms with van der Waals surface area (Å²) in [7, 11) is 0. The molecule has 0 unspecified atom stereocenters. The zero-order chi connectivity index (χ0) is 13.1. The third-order valence-electron chi connectivity index (χ3n) is 1.91. The summed E-state index contributed by atoms with van der Waals surface area (Å²) >= 11 is 21.7. The van der Waals surface area contributed by atoms with Crippen molar-refractivity contribution in [2.45, 2.75) is 0 Å². The van der Waals surface area contributed by atoms with Crippen LogP contribution in [0.2, 0.25) is 10.0 Å². The molecule has 1 aromatic carbocycles. The molecule has 0 aliphatic rings. The second-order valence-electron chi connectivity index (χ2n) is 3.22. The van der Waals surface area contributed by atoms with Gasteiger partial charge in [0.1, 0.15) is 0 Å². The Morgan fingerprint density at radius 3 is 2.61 bits per heavy atom. The van der Waals surface area contributed by atoms with Crippen LogP contribution in [0.15, 0.2) is 18.2 Å². The number of nitrogens with one attached hydrogen (secondary N) is 4. The van der Waals surface area contributed by atoms with Crippen molar-refractivity contribution in [1.82, 2.24) is 15.2 Å². The van der Waals surface area contributed by atoms with Crippen molar-refractivity contribution in [3.05, 3.63) is 33.0 Å². The lowest BCUT2D eigenvalue weighted by Crippen LogP contribution is -2.20. The molecule has 4 N–H and O–H groups in total. The van der Waals surface area contributed by atoms with Gasteiger partial charge in [-0.05, 0) is 42.6 Å². The van der Waals surface area contributed by atoms with Crippen molar-refractivity contribution in [1.29, 1.82) is 0 Å². The molecule has 0 radical (unpaired) electrons. The second-order valence-corrected chi connectivity index (χ2v) is 4.86. The fourth-order valence-corrected chi connectivity index (χ4v) is 1.99. The first-order valence-electron chi connectivity index (χ1n) is 4.72. The Labute approximate surface area is 123 Å². The van der Waals surface area contributed by atoms with Gasteiger partial charge in [0.15, 0.2) is 5.11 Å². The molecule has 2 aromatic rings. The van der Waals surface area contributed by atoms with Gasteiger partial charge in [-0.1, -0.05) is 23.2 Å². The second kappa shape index (κ2) is 5.66. The SMILES string of the molecule is S=C(Nc1nc(=S)[nH][nH]1)Nc1ccc(Cl)cc1Cl. The van der Waals surface area contributed by atoms with Gasteiger partial charge in [0.05, 0.1) is 10.7 Å². The van der Waals surface area contributed by atoms with Crippen LogP contribution in [0.25, 0.3) is 0 Å². The van der Waals surface area contributed by atoms with E-state index < -0.39 is 0 Å². The summed E-state index contributed by atoms with van der Waals surface area (Å²) in [6.07, 6.45) is 0. The highest BCUT2D eigenvalue weighted by molar-refractivity contribution is 7.80. The van der Waals surface area contributed by atoms with Gasteiger partial charge in [-0.3, -0.25) is 10.2 Å². The van der Waals surface area contributed by atoms with Gasteiger partial charge < -0.3 is 10.6 Å². The maximum Gasteiger partial charge on any atom is 0.224 e. The van der Waals surface area contributed by atoms with Gasteiger partial charge in [-0.2, -0.15) is 4.98 Å². The average molecular weight is 320 g/mol. The van der Waals surface area contributed by atoms with Gasteiger partial charge >= 0.3 is 0 Å². The van der Waals surface area contributed by atoms with E-state index in [4.69, 9.17) is 47.6 Å². The summed E-state index contributed by atoms with van der Waals surface area (Å²) < 4.78 is 0.338. The monoisotopic (exact) mass is 319 g/mol. The summed E-state index contributed by atoms with van der Waals surface area (Å²) in [5.74, 6) is 0.419. The standard InChI is InChI=1S/C9H7Cl2N5S2/c10-4-1-2-6(5(11)3-4)12-8(17)13-7-14-9(18)16-15-7/h1-3H,(H4,12,13,14,15,16,17,18). The number of halogens is 2. The Hall–Kier alpha value is -1.15. The van der Waals surface area contributed by atoms with E-state index in [1.165, 1.54) is 0 Å². The van der Waals surface area contributed by atoms with Crippen LogP contribution in [0.4, 0.5) is 11.6 Å². The minimum absolute atomic E-state index is 0.331. The molecule has 94 valence electrons. The molecule has 5 nitrogen and oxygen atoms in total. The number of benzene rings is 1.